The van der Waals surface area contributed by atoms with Gasteiger partial charge in [-0.05, 0) is 255 Å². The molecule has 0 spiro atoms. The van der Waals surface area contributed by atoms with Crippen molar-refractivity contribution in [3.8, 4) is 11.3 Å². The minimum absolute atomic E-state index is 0. The second-order valence-electron chi connectivity index (χ2n) is 31.8. The second kappa shape index (κ2) is 54.8. The van der Waals surface area contributed by atoms with Gasteiger partial charge in [-0.3, -0.25) is 9.78 Å². The van der Waals surface area contributed by atoms with Crippen molar-refractivity contribution < 1.29 is 122 Å². The molecule has 0 radical (unpaired) electrons. The Morgan fingerprint density at radius 1 is 0.307 bits per heavy atom. The first-order valence-corrected chi connectivity index (χ1v) is 49.9. The first-order chi connectivity index (χ1) is 70.3. The molecule has 0 atom stereocenters. The van der Waals surface area contributed by atoms with Crippen LogP contribution in [0.15, 0.2) is 502 Å². The van der Waals surface area contributed by atoms with Gasteiger partial charge in [-0.15, -0.1) is 0 Å². The Bertz CT molecular complexity index is 6680. The van der Waals surface area contributed by atoms with Crippen LogP contribution in [0.4, 0.5) is 0 Å². The van der Waals surface area contributed by atoms with Crippen LogP contribution in [0.1, 0.15) is 67.8 Å². The molecule has 0 bridgehead atoms. The standard InChI is InChI=1S/C21H17N.C20H21BO2.4C18H15P.C7H8BrN.CH2O3.2Na.Pd.H/c1-14-11-21(22-13-15(14)2)18-9-10-20-17(12-18)8-7-16-5-3-4-6-19(16)20;1-19(2)20(3,4)23-21(22-19)16-11-12-18-15(13-16)10-9-14-7-5-6-8-17(14)18;4*1-4-10-16(11-5-1)19(17-12-6-2-7-13-17)18-14-8-3-9-15-18;1-5-3-7(8)9-4-6(5)2;2-1-4-3;;;;/h3-13H,1-2H3;5-13H,1-4H3;4*1-15H;3-4H,1-2H3;1,3H;;;;/q;;;;;;;;2*+1;;-1/p-1/i1D3,2D3;;;;;;1D3,2D3;;;;;. The predicted molar refractivity (Wildman–Crippen MR) is 582 cm³/mol. The summed E-state index contributed by atoms with van der Waals surface area (Å²) in [5.41, 5.74) is 0.798. The average Bonchev–Trinajstić information content (AvgIpc) is 1.46. The van der Waals surface area contributed by atoms with E-state index in [9.17, 15) is 0 Å². The Kier molecular flexibility index (Phi) is 36.2. The zero-order chi connectivity index (χ0) is 103. The molecule has 0 unspecified atom stereocenters. The number of hydrogen-bond donors (Lipinski definition) is 0. The number of aryl methyl sites for hydroxylation is 4. The van der Waals surface area contributed by atoms with E-state index in [1.165, 1.54) is 97.3 Å². The number of nitrogens with zero attached hydrogens (tertiary/aromatic N) is 2. The number of carbonyl (C=O) groups excluding carboxylic acids is 1. The fourth-order valence-electron chi connectivity index (χ4n) is 15.1. The molecule has 0 amide bonds. The third-order valence-electron chi connectivity index (χ3n) is 22.3. The summed E-state index contributed by atoms with van der Waals surface area (Å²) in [6.45, 7) is -1.81. The maximum Gasteiger partial charge on any atom is 1.00 e. The molecule has 0 aliphatic carbocycles. The van der Waals surface area contributed by atoms with Gasteiger partial charge in [0.2, 0.25) is 0 Å². The van der Waals surface area contributed by atoms with Gasteiger partial charge in [-0.2, -0.15) is 0 Å². The van der Waals surface area contributed by atoms with Gasteiger partial charge in [0.1, 0.15) is 4.60 Å². The van der Waals surface area contributed by atoms with Gasteiger partial charge in [-0.25, -0.2) is 4.98 Å². The van der Waals surface area contributed by atoms with Crippen molar-refractivity contribution in [2.24, 2.45) is 0 Å². The van der Waals surface area contributed by atoms with Gasteiger partial charge < -0.3 is 20.9 Å². The van der Waals surface area contributed by atoms with E-state index < -0.39 is 59.1 Å². The zero-order valence-electron chi connectivity index (χ0n) is 89.9. The SMILES string of the molecule is CC1(C)OB(c2ccc3c(ccc4ccccc43)c2)OC1(C)C.O=CO[O-].[2H]C([2H])([2H])c1cnc(-c2ccc3c(ccc4ccccc43)c2)cc1C([2H])([2H])[2H].[2H]C([2H])([2H])c1cnc(Br)cc1C([2H])([2H])[2H].[H-].[Na+].[Na+].[Pd].c1ccc(P(c2ccccc2)c2ccccc2)cc1.c1ccc(P(c2ccccc2)c2ccccc2)cc1.c1ccc(P(c2ccccc2)c2ccccc2)cc1.c1ccc(P(c2ccccc2)c2ccccc2)cc1. The molecule has 0 N–H and O–H groups in total. The molecule has 1 aliphatic heterocycles. The molecular formula is C121H108BBrN2Na2O5P4Pd. The van der Waals surface area contributed by atoms with Crippen molar-refractivity contribution >= 4 is 173 Å². The molecule has 7 nitrogen and oxygen atoms in total. The third kappa shape index (κ3) is 29.8. The van der Waals surface area contributed by atoms with Crippen LogP contribution < -0.4 is 133 Å². The number of benzene rings is 18. The summed E-state index contributed by atoms with van der Waals surface area (Å²) >= 11 is 3.01. The summed E-state index contributed by atoms with van der Waals surface area (Å²) in [6.07, 6.45) is 2.23. The van der Waals surface area contributed by atoms with E-state index in [2.05, 4.69) is 489 Å². The van der Waals surface area contributed by atoms with Gasteiger partial charge in [0, 0.05) is 54.8 Å². The quantitative estimate of drug-likeness (QED) is 0.0192. The van der Waals surface area contributed by atoms with E-state index in [1.54, 1.807) is 0 Å². The molecule has 20 aromatic rings. The molecule has 1 fully saturated rings. The van der Waals surface area contributed by atoms with Gasteiger partial charge in [0.25, 0.3) is 6.47 Å². The zero-order valence-corrected chi connectivity index (χ0v) is 87.6. The number of hydrogen-bond acceptors (Lipinski definition) is 7. The van der Waals surface area contributed by atoms with Crippen molar-refractivity contribution in [1.82, 2.24) is 9.97 Å². The number of fused-ring (bicyclic) bond motifs is 6. The molecule has 16 heteroatoms. The topological polar surface area (TPSA) is 93.6 Å². The molecule has 1 aliphatic rings. The maximum absolute atomic E-state index is 8.64. The average molecular weight is 2050 g/mol. The summed E-state index contributed by atoms with van der Waals surface area (Å²) in [4.78, 5) is 19.2. The summed E-state index contributed by atoms with van der Waals surface area (Å²) in [7, 11) is -2.09. The Labute approximate surface area is 898 Å². The molecule has 2 aromatic heterocycles. The first-order valence-electron chi connectivity index (χ1n) is 49.8. The van der Waals surface area contributed by atoms with Gasteiger partial charge >= 0.3 is 66.2 Å². The molecular weight excluding hydrogens is 1930 g/mol. The van der Waals surface area contributed by atoms with Crippen LogP contribution in [-0.4, -0.2) is 34.8 Å². The summed E-state index contributed by atoms with van der Waals surface area (Å²) < 4.78 is 102. The van der Waals surface area contributed by atoms with E-state index in [0.717, 1.165) is 45.0 Å². The molecule has 674 valence electrons. The number of halogens is 1. The third-order valence-corrected chi connectivity index (χ3v) is 32.5. The molecule has 1 saturated heterocycles. The van der Waals surface area contributed by atoms with Crippen LogP contribution in [0, 0.1) is 27.4 Å². The maximum atomic E-state index is 8.64. The Balaban J connectivity index is 0.000000178. The monoisotopic (exact) mass is 2050 g/mol. The second-order valence-corrected chi connectivity index (χ2v) is 41.5. The van der Waals surface area contributed by atoms with Gasteiger partial charge in [-0.1, -0.05) is 467 Å². The van der Waals surface area contributed by atoms with Gasteiger partial charge in [0.05, 0.1) is 16.9 Å². The van der Waals surface area contributed by atoms with Crippen LogP contribution in [0.3, 0.4) is 0 Å². The Hall–Kier alpha value is -10.4. The van der Waals surface area contributed by atoms with Crippen molar-refractivity contribution in [2.75, 3.05) is 0 Å². The molecule has 0 saturated carbocycles. The van der Waals surface area contributed by atoms with Crippen molar-refractivity contribution in [2.45, 2.75) is 66.3 Å². The van der Waals surface area contributed by atoms with Gasteiger partial charge in [0.15, 0.2) is 0 Å². The fraction of sp³-hybridized carbons (Fsp3) is 0.0826. The van der Waals surface area contributed by atoms with Crippen LogP contribution in [0.5, 0.6) is 0 Å². The molecule has 3 heterocycles. The van der Waals surface area contributed by atoms with Crippen LogP contribution >= 0.6 is 47.6 Å². The number of carbonyl (C=O) groups is 1. The largest absolute Gasteiger partial charge is 1.00 e. The van der Waals surface area contributed by atoms with Crippen molar-refractivity contribution in [3.63, 3.8) is 0 Å². The minimum atomic E-state index is -2.53. The first kappa shape index (κ1) is 90.4. The van der Waals surface area contributed by atoms with E-state index >= 15 is 0 Å². The van der Waals surface area contributed by atoms with E-state index in [-0.39, 0.29) is 128 Å². The summed E-state index contributed by atoms with van der Waals surface area (Å²) in [5, 5.41) is 34.6. The molecule has 21 rings (SSSR count). The molecule has 18 aromatic carbocycles. The van der Waals surface area contributed by atoms with E-state index in [0.29, 0.717) is 10.3 Å². The van der Waals surface area contributed by atoms with E-state index in [1.807, 2.05) is 42.5 Å². The number of aromatic nitrogens is 2. The summed E-state index contributed by atoms with van der Waals surface area (Å²) in [5.74, 6) is 0. The summed E-state index contributed by atoms with van der Waals surface area (Å²) in [6, 6.07) is 169. The Morgan fingerprint density at radius 3 is 0.818 bits per heavy atom. The Morgan fingerprint density at radius 2 is 0.540 bits per heavy atom. The van der Waals surface area contributed by atoms with E-state index in [4.69, 9.17) is 35.8 Å². The van der Waals surface area contributed by atoms with Crippen LogP contribution in [-0.2, 0) is 39.4 Å². The minimum Gasteiger partial charge on any atom is -1.00 e. The normalized spacial score (nSPS) is 13.4. The number of rotatable bonds is 15. The number of pyridine rings is 2. The molecule has 137 heavy (non-hydrogen) atoms. The fourth-order valence-corrected chi connectivity index (χ4v) is 24.6. The van der Waals surface area contributed by atoms with Crippen LogP contribution in [0.2, 0.25) is 0 Å². The predicted octanol–water partition coefficient (Wildman–Crippen LogP) is 18.8. The van der Waals surface area contributed by atoms with Crippen molar-refractivity contribution in [1.29, 1.82) is 0 Å². The van der Waals surface area contributed by atoms with Crippen LogP contribution in [0.25, 0.3) is 54.3 Å². The smallest absolute Gasteiger partial charge is 1.00 e. The van der Waals surface area contributed by atoms with Crippen molar-refractivity contribution in [3.05, 3.63) is 525 Å².